The molecule has 0 aliphatic rings. The molecule has 2 atom stereocenters. The third kappa shape index (κ3) is 5.94. The maximum atomic E-state index is 14.6. The number of rotatable bonds is 12. The molecule has 13 nitrogen and oxygen atoms in total. The van der Waals surface area contributed by atoms with Gasteiger partial charge in [-0.05, 0) is 43.3 Å². The van der Waals surface area contributed by atoms with Crippen molar-refractivity contribution in [1.82, 2.24) is 33.9 Å². The molecule has 4 aromatic heterocycles. The summed E-state index contributed by atoms with van der Waals surface area (Å²) >= 11 is 0. The molecule has 44 heavy (non-hydrogen) atoms. The number of imidazole rings is 1. The molecule has 0 fully saturated rings. The minimum absolute atomic E-state index is 0.0285. The van der Waals surface area contributed by atoms with Crippen molar-refractivity contribution < 1.29 is 23.0 Å². The van der Waals surface area contributed by atoms with Gasteiger partial charge in [0.2, 0.25) is 16.0 Å². The fourth-order valence-corrected chi connectivity index (χ4v) is 7.49. The number of hydrogen-bond acceptors (Lipinski definition) is 9. The quantitative estimate of drug-likeness (QED) is 0.201. The molecule has 1 aromatic carbocycles. The van der Waals surface area contributed by atoms with Gasteiger partial charge >= 0.3 is 0 Å². The molecule has 5 aromatic rings. The van der Waals surface area contributed by atoms with E-state index in [1.54, 1.807) is 69.6 Å². The SMILES string of the molecule is COc1cccc(OC)c1-n1c(-c2ccn(C)n2)nnc1N(CC[Si](C)(C)C)S(=O)(=O)[C@H](C)[C@@H](O)c1cn2ccccc2n1. The van der Waals surface area contributed by atoms with E-state index in [2.05, 4.69) is 39.9 Å². The average Bonchev–Trinajstić information content (AvgIpc) is 3.73. The molecule has 1 N–H and O–H groups in total. The minimum Gasteiger partial charge on any atom is -0.494 e. The number of methoxy groups -OCH3 is 2. The van der Waals surface area contributed by atoms with Crippen LogP contribution in [-0.2, 0) is 17.1 Å². The van der Waals surface area contributed by atoms with Crippen LogP contribution in [0.2, 0.25) is 25.7 Å². The van der Waals surface area contributed by atoms with Crippen molar-refractivity contribution in [2.45, 2.75) is 44.0 Å². The van der Waals surface area contributed by atoms with Crippen molar-refractivity contribution in [3.05, 3.63) is 66.7 Å². The van der Waals surface area contributed by atoms with E-state index < -0.39 is 29.5 Å². The van der Waals surface area contributed by atoms with Gasteiger partial charge < -0.3 is 19.0 Å². The molecule has 4 heterocycles. The number of nitrogens with zero attached hydrogens (tertiary/aromatic N) is 8. The van der Waals surface area contributed by atoms with E-state index in [1.807, 2.05) is 12.1 Å². The van der Waals surface area contributed by atoms with Crippen LogP contribution < -0.4 is 13.8 Å². The van der Waals surface area contributed by atoms with E-state index >= 15 is 0 Å². The molecule has 5 rings (SSSR count). The molecule has 0 aliphatic carbocycles. The molecule has 0 saturated carbocycles. The Morgan fingerprint density at radius 2 is 1.70 bits per heavy atom. The number of aromatic nitrogens is 7. The Morgan fingerprint density at radius 3 is 2.30 bits per heavy atom. The van der Waals surface area contributed by atoms with Crippen LogP contribution in [0, 0.1) is 0 Å². The number of sulfonamides is 1. The third-order valence-corrected chi connectivity index (χ3v) is 11.3. The zero-order valence-electron chi connectivity index (χ0n) is 25.9. The number of aryl methyl sites for hydroxylation is 1. The fourth-order valence-electron chi connectivity index (χ4n) is 4.87. The van der Waals surface area contributed by atoms with Gasteiger partial charge in [0.1, 0.15) is 39.9 Å². The molecule has 0 aliphatic heterocycles. The van der Waals surface area contributed by atoms with Crippen LogP contribution in [0.1, 0.15) is 18.7 Å². The highest BCUT2D eigenvalue weighted by Gasteiger charge is 2.40. The number of fused-ring (bicyclic) bond motifs is 1. The van der Waals surface area contributed by atoms with Crippen LogP contribution in [0.25, 0.3) is 22.9 Å². The standard InChI is InChI=1S/C29H38N8O5SSi/c1-20(27(38)22-19-35-15-9-8-13-25(35)30-22)43(39,40)36(17-18-44(5,6)7)29-32-31-28(21-14-16-34(2)33-21)37(29)26-23(41-3)11-10-12-24(26)42-4/h8-16,19-20,27,38H,17-18H2,1-7H3/t20-,27-/m1/s1. The van der Waals surface area contributed by atoms with Crippen molar-refractivity contribution in [2.75, 3.05) is 25.1 Å². The lowest BCUT2D eigenvalue weighted by Crippen LogP contribution is -2.44. The summed E-state index contributed by atoms with van der Waals surface area (Å²) in [5.74, 6) is 1.16. The molecular weight excluding hydrogens is 601 g/mol. The van der Waals surface area contributed by atoms with E-state index in [1.165, 1.54) is 25.4 Å². The Hall–Kier alpha value is -4.21. The Morgan fingerprint density at radius 1 is 1.00 bits per heavy atom. The maximum Gasteiger partial charge on any atom is 0.246 e. The summed E-state index contributed by atoms with van der Waals surface area (Å²) in [7, 11) is -1.21. The molecule has 0 amide bonds. The number of ether oxygens (including phenoxy) is 2. The predicted molar refractivity (Wildman–Crippen MR) is 171 cm³/mol. The van der Waals surface area contributed by atoms with Gasteiger partial charge in [-0.1, -0.05) is 31.8 Å². The van der Waals surface area contributed by atoms with E-state index in [0.29, 0.717) is 40.4 Å². The second-order valence-corrected chi connectivity index (χ2v) is 19.6. The number of aliphatic hydroxyl groups excluding tert-OH is 1. The van der Waals surface area contributed by atoms with E-state index in [0.717, 1.165) is 0 Å². The molecule has 0 radical (unpaired) electrons. The Balaban J connectivity index is 1.70. The first kappa shape index (κ1) is 31.2. The predicted octanol–water partition coefficient (Wildman–Crippen LogP) is 3.93. The second kappa shape index (κ2) is 12.1. The fraction of sp³-hybridized carbons (Fsp3) is 0.379. The van der Waals surface area contributed by atoms with Crippen molar-refractivity contribution in [1.29, 1.82) is 0 Å². The maximum absolute atomic E-state index is 14.6. The van der Waals surface area contributed by atoms with Crippen molar-refractivity contribution in [3.63, 3.8) is 0 Å². The smallest absolute Gasteiger partial charge is 0.246 e. The van der Waals surface area contributed by atoms with Crippen LogP contribution >= 0.6 is 0 Å². The van der Waals surface area contributed by atoms with Gasteiger partial charge in [-0.15, -0.1) is 10.2 Å². The van der Waals surface area contributed by atoms with Crippen molar-refractivity contribution in [3.8, 4) is 28.7 Å². The van der Waals surface area contributed by atoms with E-state index in [4.69, 9.17) is 9.47 Å². The highest BCUT2D eigenvalue weighted by molar-refractivity contribution is 7.93. The van der Waals surface area contributed by atoms with Gasteiger partial charge in [-0.2, -0.15) is 5.10 Å². The average molecular weight is 639 g/mol. The van der Waals surface area contributed by atoms with Crippen molar-refractivity contribution >= 4 is 29.7 Å². The van der Waals surface area contributed by atoms with Gasteiger partial charge in [0, 0.05) is 40.3 Å². The van der Waals surface area contributed by atoms with Gasteiger partial charge in [-0.25, -0.2) is 17.7 Å². The lowest BCUT2D eigenvalue weighted by Gasteiger charge is -2.30. The number of para-hydroxylation sites is 1. The molecular formula is C29H38N8O5SSi. The third-order valence-electron chi connectivity index (χ3n) is 7.41. The van der Waals surface area contributed by atoms with Crippen molar-refractivity contribution in [2.24, 2.45) is 7.05 Å². The number of anilines is 1. The summed E-state index contributed by atoms with van der Waals surface area (Å²) in [5, 5.41) is 23.6. The molecule has 234 valence electrons. The summed E-state index contributed by atoms with van der Waals surface area (Å²) < 4.78 is 46.9. The van der Waals surface area contributed by atoms with Crippen LogP contribution in [-0.4, -0.2) is 81.5 Å². The molecule has 0 unspecified atom stereocenters. The largest absolute Gasteiger partial charge is 0.494 e. The Bertz CT molecular complexity index is 1820. The summed E-state index contributed by atoms with van der Waals surface area (Å²) in [6, 6.07) is 13.1. The van der Waals surface area contributed by atoms with E-state index in [-0.39, 0.29) is 18.2 Å². The highest BCUT2D eigenvalue weighted by Crippen LogP contribution is 2.39. The molecule has 0 saturated heterocycles. The van der Waals surface area contributed by atoms with Crippen LogP contribution in [0.15, 0.2) is 61.1 Å². The number of benzene rings is 1. The summed E-state index contributed by atoms with van der Waals surface area (Å²) in [6.45, 7) is 8.10. The lowest BCUT2D eigenvalue weighted by atomic mass is 10.2. The van der Waals surface area contributed by atoms with E-state index in [9.17, 15) is 13.5 Å². The zero-order valence-corrected chi connectivity index (χ0v) is 27.7. The molecule has 0 bridgehead atoms. The van der Waals surface area contributed by atoms with Crippen LogP contribution in [0.4, 0.5) is 5.95 Å². The number of pyridine rings is 1. The minimum atomic E-state index is -4.27. The van der Waals surface area contributed by atoms with Gasteiger partial charge in [0.25, 0.3) is 0 Å². The second-order valence-electron chi connectivity index (χ2n) is 11.8. The molecule has 15 heteroatoms. The summed E-state index contributed by atoms with van der Waals surface area (Å²) in [6.07, 6.45) is 3.78. The number of hydrogen-bond donors (Lipinski definition) is 1. The topological polar surface area (TPSA) is 142 Å². The first-order valence-corrected chi connectivity index (χ1v) is 19.4. The number of aliphatic hydroxyl groups is 1. The monoisotopic (exact) mass is 638 g/mol. The Kier molecular flexibility index (Phi) is 8.55. The highest BCUT2D eigenvalue weighted by atomic mass is 32.2. The van der Waals surface area contributed by atoms with Crippen LogP contribution in [0.3, 0.4) is 0 Å². The molecule has 0 spiro atoms. The summed E-state index contributed by atoms with van der Waals surface area (Å²) in [4.78, 5) is 4.48. The van der Waals surface area contributed by atoms with Gasteiger partial charge in [0.05, 0.1) is 19.9 Å². The normalized spacial score (nSPS) is 13.6. The lowest BCUT2D eigenvalue weighted by molar-refractivity contribution is 0.171. The zero-order chi connectivity index (χ0) is 31.8. The summed E-state index contributed by atoms with van der Waals surface area (Å²) in [5.41, 5.74) is 1.74. The first-order chi connectivity index (χ1) is 20.9. The first-order valence-electron chi connectivity index (χ1n) is 14.2. The van der Waals surface area contributed by atoms with Crippen LogP contribution in [0.5, 0.6) is 11.5 Å². The van der Waals surface area contributed by atoms with Gasteiger partial charge in [0.15, 0.2) is 5.82 Å². The Labute approximate surface area is 257 Å². The van der Waals surface area contributed by atoms with Gasteiger partial charge in [-0.3, -0.25) is 9.25 Å².